The van der Waals surface area contributed by atoms with Crippen LogP contribution in [0.3, 0.4) is 0 Å². The molecule has 3 atom stereocenters. The van der Waals surface area contributed by atoms with E-state index < -0.39 is 53.8 Å². The number of Topliss-reactive ketones (excluding diaryl/α,β-unsaturated/α-hetero) is 1. The summed E-state index contributed by atoms with van der Waals surface area (Å²) in [6.45, 7) is -0.317. The van der Waals surface area contributed by atoms with Gasteiger partial charge in [-0.2, -0.15) is 0 Å². The summed E-state index contributed by atoms with van der Waals surface area (Å²) in [6.07, 6.45) is 2.71. The molecular weight excluding hydrogens is 450 g/mol. The number of hydrogen-bond donors (Lipinski definition) is 5. The Morgan fingerprint density at radius 3 is 2.47 bits per heavy atom. The number of halogens is 2. The van der Waals surface area contributed by atoms with Crippen LogP contribution >= 0.6 is 0 Å². The van der Waals surface area contributed by atoms with Crippen molar-refractivity contribution in [3.63, 3.8) is 0 Å². The third-order valence-corrected chi connectivity index (χ3v) is 6.32. The van der Waals surface area contributed by atoms with Crippen molar-refractivity contribution in [3.05, 3.63) is 35.5 Å². The summed E-state index contributed by atoms with van der Waals surface area (Å²) in [5.74, 6) is -3.99. The van der Waals surface area contributed by atoms with Gasteiger partial charge in [-0.3, -0.25) is 19.2 Å². The first-order valence-corrected chi connectivity index (χ1v) is 11.3. The Hall–Kier alpha value is -3.34. The summed E-state index contributed by atoms with van der Waals surface area (Å²) in [7, 11) is 0. The van der Waals surface area contributed by atoms with E-state index >= 15 is 0 Å². The van der Waals surface area contributed by atoms with Crippen molar-refractivity contribution in [1.82, 2.24) is 20.9 Å². The lowest BCUT2D eigenvalue weighted by atomic mass is 9.95. The number of benzene rings is 1. The molecule has 1 saturated heterocycles. The highest BCUT2D eigenvalue weighted by Crippen LogP contribution is 2.33. The van der Waals surface area contributed by atoms with Gasteiger partial charge in [-0.15, -0.1) is 0 Å². The average molecular weight is 476 g/mol. The predicted molar refractivity (Wildman–Crippen MR) is 117 cm³/mol. The number of H-pyrrole nitrogens is 1. The Morgan fingerprint density at radius 1 is 1.06 bits per heavy atom. The number of aliphatic hydroxyl groups excluding tert-OH is 1. The number of hydrogen-bond acceptors (Lipinski definition) is 5. The number of carbonyl (C=O) groups excluding carboxylic acids is 4. The van der Waals surface area contributed by atoms with Crippen LogP contribution in [-0.4, -0.2) is 58.8 Å². The van der Waals surface area contributed by atoms with E-state index in [0.29, 0.717) is 25.5 Å². The molecule has 1 aromatic heterocycles. The van der Waals surface area contributed by atoms with Crippen LogP contribution in [0.2, 0.25) is 0 Å². The second kappa shape index (κ2) is 9.88. The molecule has 2 heterocycles. The van der Waals surface area contributed by atoms with Crippen LogP contribution in [0.1, 0.15) is 42.6 Å². The van der Waals surface area contributed by atoms with Crippen molar-refractivity contribution in [2.75, 3.05) is 13.2 Å². The summed E-state index contributed by atoms with van der Waals surface area (Å²) in [6, 6.07) is 1.02. The number of ketones is 1. The van der Waals surface area contributed by atoms with Gasteiger partial charge in [-0.25, -0.2) is 8.78 Å². The van der Waals surface area contributed by atoms with Gasteiger partial charge in [0.25, 0.3) is 5.91 Å². The highest BCUT2D eigenvalue weighted by atomic mass is 19.1. The molecule has 0 spiro atoms. The molecule has 5 N–H and O–H groups in total. The highest BCUT2D eigenvalue weighted by Gasteiger charge is 2.35. The van der Waals surface area contributed by atoms with Crippen LogP contribution in [0.5, 0.6) is 0 Å². The minimum Gasteiger partial charge on any atom is -0.389 e. The third-order valence-electron chi connectivity index (χ3n) is 6.32. The number of fused-ring (bicyclic) bond motifs is 1. The molecule has 0 unspecified atom stereocenters. The number of aromatic nitrogens is 1. The fraction of sp³-hybridized carbons (Fsp3) is 0.478. The summed E-state index contributed by atoms with van der Waals surface area (Å²) in [5, 5.41) is 17.4. The van der Waals surface area contributed by atoms with Crippen LogP contribution in [-0.2, 0) is 14.4 Å². The maximum absolute atomic E-state index is 14.0. The van der Waals surface area contributed by atoms with Gasteiger partial charge < -0.3 is 26.0 Å². The molecule has 182 valence electrons. The van der Waals surface area contributed by atoms with Crippen molar-refractivity contribution in [3.8, 4) is 0 Å². The maximum Gasteiger partial charge on any atom is 0.268 e. The van der Waals surface area contributed by atoms with E-state index in [2.05, 4.69) is 20.9 Å². The molecule has 1 aliphatic carbocycles. The largest absolute Gasteiger partial charge is 0.389 e. The minimum absolute atomic E-state index is 0.0295. The van der Waals surface area contributed by atoms with Crippen molar-refractivity contribution in [2.24, 2.45) is 11.8 Å². The number of rotatable bonds is 10. The molecule has 11 heteroatoms. The van der Waals surface area contributed by atoms with Crippen molar-refractivity contribution >= 4 is 34.4 Å². The standard InChI is InChI=1S/C23H26F2N4O5/c24-14-6-13-8-18(27-20(13)15(25)9-14)23(34)29-17(5-11-1-2-11)22(33)28-16(19(31)10-30)7-12-3-4-26-21(12)32/h6,8-9,11-12,16-17,27,30H,1-5,7,10H2,(H,26,32)(H,28,33)(H,29,34)/t12-,16-,17-/m0/s1. The monoisotopic (exact) mass is 476 g/mol. The lowest BCUT2D eigenvalue weighted by Gasteiger charge is -2.23. The van der Waals surface area contributed by atoms with E-state index in [1.54, 1.807) is 0 Å². The highest BCUT2D eigenvalue weighted by molar-refractivity contribution is 6.01. The molecule has 2 aromatic rings. The zero-order valence-electron chi connectivity index (χ0n) is 18.3. The Labute approximate surface area is 193 Å². The van der Waals surface area contributed by atoms with Crippen LogP contribution in [0.15, 0.2) is 18.2 Å². The molecular formula is C23H26F2N4O5. The second-order valence-electron chi connectivity index (χ2n) is 8.94. The van der Waals surface area contributed by atoms with E-state index in [4.69, 9.17) is 0 Å². The molecule has 0 radical (unpaired) electrons. The molecule has 0 bridgehead atoms. The Balaban J connectivity index is 1.48. The van der Waals surface area contributed by atoms with Gasteiger partial charge in [0.2, 0.25) is 11.8 Å². The summed E-state index contributed by atoms with van der Waals surface area (Å²) in [4.78, 5) is 52.6. The Morgan fingerprint density at radius 2 is 1.82 bits per heavy atom. The molecule has 4 rings (SSSR count). The first kappa shape index (κ1) is 23.8. The number of amides is 3. The second-order valence-corrected chi connectivity index (χ2v) is 8.94. The molecule has 34 heavy (non-hydrogen) atoms. The maximum atomic E-state index is 14.0. The van der Waals surface area contributed by atoms with Crippen LogP contribution in [0.4, 0.5) is 8.78 Å². The summed E-state index contributed by atoms with van der Waals surface area (Å²) < 4.78 is 27.5. The van der Waals surface area contributed by atoms with E-state index in [0.717, 1.165) is 18.9 Å². The van der Waals surface area contributed by atoms with Crippen molar-refractivity contribution in [2.45, 2.75) is 44.2 Å². The molecule has 2 aliphatic rings. The lowest BCUT2D eigenvalue weighted by Crippen LogP contribution is -2.53. The minimum atomic E-state index is -1.07. The van der Waals surface area contributed by atoms with Gasteiger partial charge in [0.05, 0.1) is 11.6 Å². The number of carbonyl (C=O) groups is 4. The van der Waals surface area contributed by atoms with E-state index in [1.165, 1.54) is 6.07 Å². The van der Waals surface area contributed by atoms with E-state index in [-0.39, 0.29) is 34.8 Å². The fourth-order valence-corrected chi connectivity index (χ4v) is 4.25. The van der Waals surface area contributed by atoms with Crippen molar-refractivity contribution in [1.29, 1.82) is 0 Å². The van der Waals surface area contributed by atoms with E-state index in [1.807, 2.05) is 0 Å². The smallest absolute Gasteiger partial charge is 0.268 e. The zero-order chi connectivity index (χ0) is 24.4. The number of nitrogens with one attached hydrogen (secondary N) is 4. The molecule has 1 aliphatic heterocycles. The number of aromatic amines is 1. The topological polar surface area (TPSA) is 140 Å². The van der Waals surface area contributed by atoms with Gasteiger partial charge in [0.1, 0.15) is 30.0 Å². The molecule has 3 amide bonds. The lowest BCUT2D eigenvalue weighted by molar-refractivity contribution is -0.131. The van der Waals surface area contributed by atoms with Crippen molar-refractivity contribution < 1.29 is 33.1 Å². The van der Waals surface area contributed by atoms with Crippen LogP contribution < -0.4 is 16.0 Å². The number of aliphatic hydroxyl groups is 1. The van der Waals surface area contributed by atoms with Gasteiger partial charge >= 0.3 is 0 Å². The average Bonchev–Trinajstić information content (AvgIpc) is 3.36. The molecule has 1 saturated carbocycles. The predicted octanol–water partition coefficient (Wildman–Crippen LogP) is 0.917. The SMILES string of the molecule is O=C(N[C@@H](CC1CC1)C(=O)N[C@@H](C[C@@H]1CCNC1=O)C(=O)CO)c1cc2cc(F)cc(F)c2[nH]1. The van der Waals surface area contributed by atoms with Gasteiger partial charge in [0, 0.05) is 23.9 Å². The fourth-order valence-electron chi connectivity index (χ4n) is 4.25. The zero-order valence-corrected chi connectivity index (χ0v) is 18.3. The first-order valence-electron chi connectivity index (χ1n) is 11.3. The first-order chi connectivity index (χ1) is 16.2. The van der Waals surface area contributed by atoms with Gasteiger partial charge in [0.15, 0.2) is 5.78 Å². The Kier molecular flexibility index (Phi) is 6.92. The van der Waals surface area contributed by atoms with Gasteiger partial charge in [-0.05, 0) is 37.3 Å². The molecule has 2 fully saturated rings. The summed E-state index contributed by atoms with van der Waals surface area (Å²) in [5.41, 5.74) is -0.0723. The Bertz CT molecular complexity index is 1130. The van der Waals surface area contributed by atoms with Gasteiger partial charge in [-0.1, -0.05) is 12.8 Å². The quantitative estimate of drug-likeness (QED) is 0.347. The van der Waals surface area contributed by atoms with E-state index in [9.17, 15) is 33.1 Å². The van der Waals surface area contributed by atoms with Crippen LogP contribution in [0, 0.1) is 23.5 Å². The third kappa shape index (κ3) is 5.41. The molecule has 1 aromatic carbocycles. The normalized spacial score (nSPS) is 19.5. The summed E-state index contributed by atoms with van der Waals surface area (Å²) >= 11 is 0. The van der Waals surface area contributed by atoms with Crippen LogP contribution in [0.25, 0.3) is 10.9 Å². The molecule has 9 nitrogen and oxygen atoms in total.